The van der Waals surface area contributed by atoms with Crippen LogP contribution in [0.1, 0.15) is 19.3 Å². The molecule has 100 valence electrons. The zero-order valence-electron chi connectivity index (χ0n) is 10.7. The van der Waals surface area contributed by atoms with Gasteiger partial charge in [0.05, 0.1) is 19.9 Å². The van der Waals surface area contributed by atoms with Crippen molar-refractivity contribution in [2.24, 2.45) is 0 Å². The van der Waals surface area contributed by atoms with E-state index in [1.54, 1.807) is 29.0 Å². The molecule has 1 amide bonds. The molecule has 0 spiro atoms. The SMILES string of the molecule is COC(=O)CCCN(C)C(=O)CCn1ccnn1. The van der Waals surface area contributed by atoms with Crippen LogP contribution in [0.25, 0.3) is 0 Å². The predicted molar refractivity (Wildman–Crippen MR) is 63.5 cm³/mol. The number of carbonyl (C=O) groups is 2. The lowest BCUT2D eigenvalue weighted by molar-refractivity contribution is -0.141. The van der Waals surface area contributed by atoms with Gasteiger partial charge in [-0.1, -0.05) is 5.21 Å². The molecule has 0 saturated carbocycles. The van der Waals surface area contributed by atoms with Crippen LogP contribution in [0.3, 0.4) is 0 Å². The van der Waals surface area contributed by atoms with Crippen LogP contribution in [0.15, 0.2) is 12.4 Å². The van der Waals surface area contributed by atoms with Crippen molar-refractivity contribution >= 4 is 11.9 Å². The number of amides is 1. The molecule has 0 atom stereocenters. The first-order chi connectivity index (χ1) is 8.63. The largest absolute Gasteiger partial charge is 0.469 e. The number of hydrogen-bond acceptors (Lipinski definition) is 5. The third-order valence-corrected chi connectivity index (χ3v) is 2.55. The molecular formula is C11H18N4O3. The van der Waals surface area contributed by atoms with Gasteiger partial charge in [0.2, 0.25) is 5.91 Å². The first kappa shape index (κ1) is 14.1. The number of aromatic nitrogens is 3. The molecule has 1 heterocycles. The second kappa shape index (κ2) is 7.41. The molecule has 0 bridgehead atoms. The molecule has 1 aromatic heterocycles. The summed E-state index contributed by atoms with van der Waals surface area (Å²) in [5, 5.41) is 7.44. The molecule has 0 radical (unpaired) electrons. The van der Waals surface area contributed by atoms with Crippen molar-refractivity contribution in [2.75, 3.05) is 20.7 Å². The molecule has 1 aromatic rings. The number of nitrogens with zero attached hydrogens (tertiary/aromatic N) is 4. The fraction of sp³-hybridized carbons (Fsp3) is 0.636. The Morgan fingerprint density at radius 1 is 1.39 bits per heavy atom. The molecule has 0 unspecified atom stereocenters. The second-order valence-electron chi connectivity index (χ2n) is 3.91. The minimum absolute atomic E-state index is 0.0235. The predicted octanol–water partition coefficient (Wildman–Crippen LogP) is 0.0798. The van der Waals surface area contributed by atoms with Gasteiger partial charge in [0.1, 0.15) is 0 Å². The molecule has 0 aromatic carbocycles. The lowest BCUT2D eigenvalue weighted by atomic mass is 10.3. The Kier molecular flexibility index (Phi) is 5.83. The summed E-state index contributed by atoms with van der Waals surface area (Å²) in [6.07, 6.45) is 4.60. The summed E-state index contributed by atoms with van der Waals surface area (Å²) < 4.78 is 6.14. The highest BCUT2D eigenvalue weighted by Gasteiger charge is 2.09. The fourth-order valence-electron chi connectivity index (χ4n) is 1.44. The van der Waals surface area contributed by atoms with Gasteiger partial charge in [-0.15, -0.1) is 5.10 Å². The Morgan fingerprint density at radius 2 is 2.17 bits per heavy atom. The summed E-state index contributed by atoms with van der Waals surface area (Å²) >= 11 is 0. The van der Waals surface area contributed by atoms with Gasteiger partial charge in [0.15, 0.2) is 0 Å². The molecule has 7 nitrogen and oxygen atoms in total. The summed E-state index contributed by atoms with van der Waals surface area (Å²) in [6, 6.07) is 0. The van der Waals surface area contributed by atoms with Crippen LogP contribution in [-0.4, -0.2) is 52.5 Å². The number of ether oxygens (including phenoxy) is 1. The Labute approximate surface area is 106 Å². The van der Waals surface area contributed by atoms with Gasteiger partial charge in [-0.3, -0.25) is 14.3 Å². The maximum absolute atomic E-state index is 11.7. The Balaban J connectivity index is 2.18. The summed E-state index contributed by atoms with van der Waals surface area (Å²) in [5.41, 5.74) is 0. The molecule has 0 saturated heterocycles. The normalized spacial score (nSPS) is 10.1. The first-order valence-electron chi connectivity index (χ1n) is 5.78. The number of hydrogen-bond donors (Lipinski definition) is 0. The highest BCUT2D eigenvalue weighted by atomic mass is 16.5. The molecule has 0 aliphatic carbocycles. The van der Waals surface area contributed by atoms with E-state index in [0.29, 0.717) is 32.4 Å². The van der Waals surface area contributed by atoms with E-state index < -0.39 is 0 Å². The molecule has 0 aliphatic heterocycles. The van der Waals surface area contributed by atoms with Gasteiger partial charge in [-0.05, 0) is 6.42 Å². The third kappa shape index (κ3) is 4.94. The summed E-state index contributed by atoms with van der Waals surface area (Å²) in [4.78, 5) is 24.2. The number of aryl methyl sites for hydroxylation is 1. The first-order valence-corrected chi connectivity index (χ1v) is 5.78. The van der Waals surface area contributed by atoms with E-state index in [1.807, 2.05) is 0 Å². The van der Waals surface area contributed by atoms with Gasteiger partial charge in [0.25, 0.3) is 0 Å². The summed E-state index contributed by atoms with van der Waals surface area (Å²) in [6.45, 7) is 1.06. The van der Waals surface area contributed by atoms with Crippen LogP contribution >= 0.6 is 0 Å². The third-order valence-electron chi connectivity index (χ3n) is 2.55. The van der Waals surface area contributed by atoms with Crippen molar-refractivity contribution in [3.63, 3.8) is 0 Å². The average molecular weight is 254 g/mol. The van der Waals surface area contributed by atoms with Crippen molar-refractivity contribution in [3.8, 4) is 0 Å². The summed E-state index contributed by atoms with van der Waals surface area (Å²) in [5.74, 6) is -0.228. The molecule has 7 heteroatoms. The standard InChI is InChI=1S/C11H18N4O3/c1-14(7-3-4-11(17)18-2)10(16)5-8-15-9-6-12-13-15/h6,9H,3-5,7-8H2,1-2H3. The van der Waals surface area contributed by atoms with Gasteiger partial charge in [0, 0.05) is 32.6 Å². The molecule has 0 aliphatic rings. The topological polar surface area (TPSA) is 77.3 Å². The highest BCUT2D eigenvalue weighted by Crippen LogP contribution is 1.99. The van der Waals surface area contributed by atoms with Crippen molar-refractivity contribution in [3.05, 3.63) is 12.4 Å². The summed E-state index contributed by atoms with van der Waals surface area (Å²) in [7, 11) is 3.08. The molecule has 0 N–H and O–H groups in total. The van der Waals surface area contributed by atoms with E-state index in [1.165, 1.54) is 7.11 Å². The van der Waals surface area contributed by atoms with E-state index in [9.17, 15) is 9.59 Å². The maximum atomic E-state index is 11.7. The smallest absolute Gasteiger partial charge is 0.305 e. The van der Waals surface area contributed by atoms with Crippen LogP contribution in [0, 0.1) is 0 Å². The molecular weight excluding hydrogens is 236 g/mol. The average Bonchev–Trinajstić information content (AvgIpc) is 2.88. The second-order valence-corrected chi connectivity index (χ2v) is 3.91. The number of esters is 1. The number of methoxy groups -OCH3 is 1. The monoisotopic (exact) mass is 254 g/mol. The van der Waals surface area contributed by atoms with E-state index >= 15 is 0 Å². The van der Waals surface area contributed by atoms with E-state index in [-0.39, 0.29) is 11.9 Å². The number of carbonyl (C=O) groups excluding carboxylic acids is 2. The van der Waals surface area contributed by atoms with Crippen LogP contribution in [0.5, 0.6) is 0 Å². The van der Waals surface area contributed by atoms with Crippen molar-refractivity contribution in [2.45, 2.75) is 25.8 Å². The van der Waals surface area contributed by atoms with Crippen molar-refractivity contribution in [1.82, 2.24) is 19.9 Å². The van der Waals surface area contributed by atoms with Crippen LogP contribution in [0.2, 0.25) is 0 Å². The molecule has 18 heavy (non-hydrogen) atoms. The Bertz CT molecular complexity index is 378. The van der Waals surface area contributed by atoms with Gasteiger partial charge in [-0.2, -0.15) is 0 Å². The lowest BCUT2D eigenvalue weighted by Crippen LogP contribution is -2.29. The highest BCUT2D eigenvalue weighted by molar-refractivity contribution is 5.75. The quantitative estimate of drug-likeness (QED) is 0.644. The molecule has 0 fully saturated rings. The number of rotatable bonds is 7. The minimum atomic E-state index is -0.251. The van der Waals surface area contributed by atoms with Crippen LogP contribution in [-0.2, 0) is 20.9 Å². The zero-order chi connectivity index (χ0) is 13.4. The Hall–Kier alpha value is -1.92. The lowest BCUT2D eigenvalue weighted by Gasteiger charge is -2.16. The Morgan fingerprint density at radius 3 is 2.78 bits per heavy atom. The van der Waals surface area contributed by atoms with Crippen LogP contribution in [0.4, 0.5) is 0 Å². The van der Waals surface area contributed by atoms with Gasteiger partial charge < -0.3 is 9.64 Å². The van der Waals surface area contributed by atoms with E-state index in [4.69, 9.17) is 0 Å². The van der Waals surface area contributed by atoms with E-state index in [2.05, 4.69) is 15.0 Å². The molecule has 1 rings (SSSR count). The van der Waals surface area contributed by atoms with Crippen molar-refractivity contribution < 1.29 is 14.3 Å². The van der Waals surface area contributed by atoms with Crippen molar-refractivity contribution in [1.29, 1.82) is 0 Å². The van der Waals surface area contributed by atoms with Gasteiger partial charge >= 0.3 is 5.97 Å². The van der Waals surface area contributed by atoms with E-state index in [0.717, 1.165) is 0 Å². The van der Waals surface area contributed by atoms with Gasteiger partial charge in [-0.25, -0.2) is 0 Å². The maximum Gasteiger partial charge on any atom is 0.305 e. The zero-order valence-corrected chi connectivity index (χ0v) is 10.7. The van der Waals surface area contributed by atoms with Crippen LogP contribution < -0.4 is 0 Å². The minimum Gasteiger partial charge on any atom is -0.469 e. The fourth-order valence-corrected chi connectivity index (χ4v) is 1.44.